The summed E-state index contributed by atoms with van der Waals surface area (Å²) in [7, 11) is 3.59. The van der Waals surface area contributed by atoms with Crippen molar-refractivity contribution in [2.24, 2.45) is 12.8 Å². The molecule has 4 heteroatoms. The molecule has 2 rings (SSSR count). The predicted octanol–water partition coefficient (Wildman–Crippen LogP) is 2.03. The van der Waals surface area contributed by atoms with Gasteiger partial charge in [-0.2, -0.15) is 0 Å². The lowest BCUT2D eigenvalue weighted by Gasteiger charge is -2.01. The van der Waals surface area contributed by atoms with Crippen molar-refractivity contribution in [3.05, 3.63) is 29.5 Å². The van der Waals surface area contributed by atoms with Gasteiger partial charge in [0.15, 0.2) is 5.78 Å². The molecule has 0 spiro atoms. The van der Waals surface area contributed by atoms with Gasteiger partial charge in [0.1, 0.15) is 5.75 Å². The third-order valence-corrected chi connectivity index (χ3v) is 3.35. The molecule has 0 saturated heterocycles. The van der Waals surface area contributed by atoms with Crippen molar-refractivity contribution in [3.63, 3.8) is 0 Å². The SMILES string of the molecule is COc1ccc2c(c1)c(C(=O)CCN)c(C)n2C. The molecule has 1 aromatic heterocycles. The number of aryl methyl sites for hydroxylation is 1. The second-order valence-electron chi connectivity index (χ2n) is 4.36. The number of hydrogen-bond donors (Lipinski definition) is 1. The van der Waals surface area contributed by atoms with E-state index in [1.807, 2.05) is 36.7 Å². The van der Waals surface area contributed by atoms with Gasteiger partial charge in [-0.05, 0) is 31.7 Å². The van der Waals surface area contributed by atoms with Crippen molar-refractivity contribution in [1.29, 1.82) is 0 Å². The Bertz CT molecular complexity index is 599. The van der Waals surface area contributed by atoms with E-state index in [4.69, 9.17) is 10.5 Å². The number of fused-ring (bicyclic) bond motifs is 1. The molecule has 0 aliphatic heterocycles. The van der Waals surface area contributed by atoms with Crippen LogP contribution in [0, 0.1) is 6.92 Å². The Kier molecular flexibility index (Phi) is 3.39. The zero-order valence-corrected chi connectivity index (χ0v) is 11.0. The van der Waals surface area contributed by atoms with Crippen LogP contribution in [0.25, 0.3) is 10.9 Å². The Hall–Kier alpha value is -1.81. The van der Waals surface area contributed by atoms with Crippen LogP contribution >= 0.6 is 0 Å². The van der Waals surface area contributed by atoms with Gasteiger partial charge in [0.25, 0.3) is 0 Å². The molecule has 0 aliphatic carbocycles. The molecule has 4 nitrogen and oxygen atoms in total. The third kappa shape index (κ3) is 1.88. The van der Waals surface area contributed by atoms with E-state index in [1.165, 1.54) is 0 Å². The number of Topliss-reactive ketones (excluding diaryl/α,β-unsaturated/α-hetero) is 1. The van der Waals surface area contributed by atoms with Crippen LogP contribution in [-0.2, 0) is 7.05 Å². The zero-order chi connectivity index (χ0) is 13.3. The highest BCUT2D eigenvalue weighted by molar-refractivity contribution is 6.09. The molecular formula is C14H18N2O2. The molecule has 0 atom stereocenters. The molecule has 0 fully saturated rings. The van der Waals surface area contributed by atoms with Gasteiger partial charge in [0, 0.05) is 35.6 Å². The first-order chi connectivity index (χ1) is 8.60. The van der Waals surface area contributed by atoms with Gasteiger partial charge in [-0.25, -0.2) is 0 Å². The Morgan fingerprint density at radius 2 is 2.17 bits per heavy atom. The van der Waals surface area contributed by atoms with Crippen LogP contribution in [0.2, 0.25) is 0 Å². The molecule has 1 heterocycles. The number of carbonyl (C=O) groups is 1. The van der Waals surface area contributed by atoms with E-state index < -0.39 is 0 Å². The van der Waals surface area contributed by atoms with Crippen molar-refractivity contribution in [2.75, 3.05) is 13.7 Å². The van der Waals surface area contributed by atoms with Crippen LogP contribution in [0.15, 0.2) is 18.2 Å². The normalized spacial score (nSPS) is 10.9. The van der Waals surface area contributed by atoms with Gasteiger partial charge < -0.3 is 15.0 Å². The number of carbonyl (C=O) groups excluding carboxylic acids is 1. The molecule has 18 heavy (non-hydrogen) atoms. The zero-order valence-electron chi connectivity index (χ0n) is 11.0. The molecule has 0 radical (unpaired) electrons. The van der Waals surface area contributed by atoms with E-state index in [0.717, 1.165) is 27.9 Å². The minimum absolute atomic E-state index is 0.0915. The molecular weight excluding hydrogens is 228 g/mol. The van der Waals surface area contributed by atoms with Crippen LogP contribution in [0.1, 0.15) is 22.5 Å². The molecule has 0 bridgehead atoms. The van der Waals surface area contributed by atoms with Crippen LogP contribution in [0.4, 0.5) is 0 Å². The Balaban J connectivity index is 2.70. The quantitative estimate of drug-likeness (QED) is 0.840. The molecule has 0 amide bonds. The third-order valence-electron chi connectivity index (χ3n) is 3.35. The molecule has 0 saturated carbocycles. The second-order valence-corrected chi connectivity index (χ2v) is 4.36. The smallest absolute Gasteiger partial charge is 0.166 e. The first kappa shape index (κ1) is 12.6. The van der Waals surface area contributed by atoms with Crippen molar-refractivity contribution in [1.82, 2.24) is 4.57 Å². The average Bonchev–Trinajstić information content (AvgIpc) is 2.62. The second kappa shape index (κ2) is 4.82. The summed E-state index contributed by atoms with van der Waals surface area (Å²) in [5.74, 6) is 0.851. The topological polar surface area (TPSA) is 57.2 Å². The van der Waals surface area contributed by atoms with Crippen LogP contribution < -0.4 is 10.5 Å². The molecule has 0 aliphatic rings. The van der Waals surface area contributed by atoms with E-state index in [9.17, 15) is 4.79 Å². The summed E-state index contributed by atoms with van der Waals surface area (Å²) in [5, 5.41) is 0.938. The summed E-state index contributed by atoms with van der Waals surface area (Å²) in [4.78, 5) is 12.2. The van der Waals surface area contributed by atoms with Crippen LogP contribution in [0.5, 0.6) is 5.75 Å². The summed E-state index contributed by atoms with van der Waals surface area (Å²) >= 11 is 0. The van der Waals surface area contributed by atoms with Crippen molar-refractivity contribution >= 4 is 16.7 Å². The minimum atomic E-state index is 0.0915. The number of aromatic nitrogens is 1. The summed E-state index contributed by atoms with van der Waals surface area (Å²) in [5.41, 5.74) is 8.24. The Labute approximate surface area is 106 Å². The van der Waals surface area contributed by atoms with E-state index in [1.54, 1.807) is 7.11 Å². The van der Waals surface area contributed by atoms with E-state index in [2.05, 4.69) is 0 Å². The molecule has 96 valence electrons. The standard InChI is InChI=1S/C14H18N2O2/c1-9-14(13(17)6-7-15)11-8-10(18-3)4-5-12(11)16(9)2/h4-5,8H,6-7,15H2,1-3H3. The van der Waals surface area contributed by atoms with Gasteiger partial charge in [0.05, 0.1) is 7.11 Å². The lowest BCUT2D eigenvalue weighted by atomic mass is 10.0. The van der Waals surface area contributed by atoms with E-state index in [0.29, 0.717) is 13.0 Å². The molecule has 0 unspecified atom stereocenters. The fourth-order valence-electron chi connectivity index (χ4n) is 2.29. The number of hydrogen-bond acceptors (Lipinski definition) is 3. The summed E-state index contributed by atoms with van der Waals surface area (Å²) < 4.78 is 7.25. The number of nitrogens with two attached hydrogens (primary N) is 1. The summed E-state index contributed by atoms with van der Waals surface area (Å²) in [6.45, 7) is 2.33. The summed E-state index contributed by atoms with van der Waals surface area (Å²) in [6, 6.07) is 5.78. The molecule has 2 aromatic rings. The van der Waals surface area contributed by atoms with Gasteiger partial charge >= 0.3 is 0 Å². The van der Waals surface area contributed by atoms with E-state index in [-0.39, 0.29) is 5.78 Å². The fraction of sp³-hybridized carbons (Fsp3) is 0.357. The number of methoxy groups -OCH3 is 1. The largest absolute Gasteiger partial charge is 0.497 e. The monoisotopic (exact) mass is 246 g/mol. The Morgan fingerprint density at radius 1 is 1.44 bits per heavy atom. The maximum atomic E-state index is 12.2. The van der Waals surface area contributed by atoms with Crippen molar-refractivity contribution in [3.8, 4) is 5.75 Å². The number of nitrogens with zero attached hydrogens (tertiary/aromatic N) is 1. The number of rotatable bonds is 4. The highest BCUT2D eigenvalue weighted by atomic mass is 16.5. The first-order valence-corrected chi connectivity index (χ1v) is 5.96. The lowest BCUT2D eigenvalue weighted by molar-refractivity contribution is 0.0986. The highest BCUT2D eigenvalue weighted by Gasteiger charge is 2.18. The number of ether oxygens (including phenoxy) is 1. The minimum Gasteiger partial charge on any atom is -0.497 e. The van der Waals surface area contributed by atoms with Crippen LogP contribution in [-0.4, -0.2) is 24.0 Å². The van der Waals surface area contributed by atoms with Gasteiger partial charge in [0.2, 0.25) is 0 Å². The summed E-state index contributed by atoms with van der Waals surface area (Å²) in [6.07, 6.45) is 0.372. The average molecular weight is 246 g/mol. The number of ketones is 1. The van der Waals surface area contributed by atoms with Crippen molar-refractivity contribution in [2.45, 2.75) is 13.3 Å². The van der Waals surface area contributed by atoms with E-state index >= 15 is 0 Å². The maximum Gasteiger partial charge on any atom is 0.166 e. The van der Waals surface area contributed by atoms with Gasteiger partial charge in [-0.1, -0.05) is 0 Å². The molecule has 1 aromatic carbocycles. The number of benzene rings is 1. The van der Waals surface area contributed by atoms with Gasteiger partial charge in [-0.15, -0.1) is 0 Å². The van der Waals surface area contributed by atoms with Gasteiger partial charge in [-0.3, -0.25) is 4.79 Å². The lowest BCUT2D eigenvalue weighted by Crippen LogP contribution is -2.09. The predicted molar refractivity (Wildman–Crippen MR) is 72.2 cm³/mol. The Morgan fingerprint density at radius 3 is 2.78 bits per heavy atom. The van der Waals surface area contributed by atoms with Crippen LogP contribution in [0.3, 0.4) is 0 Å². The highest BCUT2D eigenvalue weighted by Crippen LogP contribution is 2.29. The fourth-order valence-corrected chi connectivity index (χ4v) is 2.29. The maximum absolute atomic E-state index is 12.2. The van der Waals surface area contributed by atoms with Crippen molar-refractivity contribution < 1.29 is 9.53 Å². The first-order valence-electron chi connectivity index (χ1n) is 5.96. The molecule has 2 N–H and O–H groups in total.